The maximum absolute atomic E-state index is 11.4. The van der Waals surface area contributed by atoms with E-state index in [0.717, 1.165) is 37.3 Å². The van der Waals surface area contributed by atoms with Crippen molar-refractivity contribution < 1.29 is 28.5 Å². The third-order valence-corrected chi connectivity index (χ3v) is 5.21. The minimum absolute atomic E-state index is 0.314. The van der Waals surface area contributed by atoms with Gasteiger partial charge in [-0.1, -0.05) is 52.0 Å². The first kappa shape index (κ1) is 33.2. The standard InChI is InChI=1S/2C15H23NO3/c1-12(2)10-16-8-9-19-11-13-4-6-14(7-5-13)15(17)18-3;1-12(2)10-16-7-8-19-11-13-5-4-6-14(9-13)15(17)18-3/h4-7,12,16H,8-11H2,1-3H3;4-6,9,12,16H,7-8,10-11H2,1-3H3. The van der Waals surface area contributed by atoms with Crippen LogP contribution in [0.1, 0.15) is 59.5 Å². The molecule has 0 aromatic heterocycles. The van der Waals surface area contributed by atoms with E-state index in [0.29, 0.717) is 49.4 Å². The van der Waals surface area contributed by atoms with Gasteiger partial charge < -0.3 is 29.6 Å². The molecule has 2 aromatic rings. The van der Waals surface area contributed by atoms with Crippen LogP contribution in [0.15, 0.2) is 48.5 Å². The maximum atomic E-state index is 11.4. The molecule has 2 aromatic carbocycles. The highest BCUT2D eigenvalue weighted by atomic mass is 16.5. The molecule has 0 bridgehead atoms. The summed E-state index contributed by atoms with van der Waals surface area (Å²) in [6.45, 7) is 14.8. The first-order chi connectivity index (χ1) is 18.3. The SMILES string of the molecule is COC(=O)c1ccc(COCCNCC(C)C)cc1.COC(=O)c1cccc(COCCNCC(C)C)c1. The highest BCUT2D eigenvalue weighted by Crippen LogP contribution is 2.08. The molecule has 2 rings (SSSR count). The number of hydrogen-bond donors (Lipinski definition) is 2. The van der Waals surface area contributed by atoms with Crippen LogP contribution < -0.4 is 10.6 Å². The van der Waals surface area contributed by atoms with E-state index in [-0.39, 0.29) is 11.9 Å². The monoisotopic (exact) mass is 530 g/mol. The fourth-order valence-electron chi connectivity index (χ4n) is 3.21. The Morgan fingerprint density at radius 3 is 1.68 bits per heavy atom. The van der Waals surface area contributed by atoms with Gasteiger partial charge in [-0.3, -0.25) is 0 Å². The van der Waals surface area contributed by atoms with Crippen molar-refractivity contribution in [3.8, 4) is 0 Å². The molecule has 38 heavy (non-hydrogen) atoms. The van der Waals surface area contributed by atoms with E-state index in [2.05, 4.69) is 47.8 Å². The Kier molecular flexibility index (Phi) is 17.7. The zero-order chi connectivity index (χ0) is 28.2. The van der Waals surface area contributed by atoms with Crippen LogP contribution in [0.2, 0.25) is 0 Å². The molecule has 0 amide bonds. The third-order valence-electron chi connectivity index (χ3n) is 5.21. The summed E-state index contributed by atoms with van der Waals surface area (Å²) in [5, 5.41) is 6.63. The number of ether oxygens (including phenoxy) is 4. The Morgan fingerprint density at radius 1 is 0.684 bits per heavy atom. The molecular weight excluding hydrogens is 484 g/mol. The Labute approximate surface area is 228 Å². The fraction of sp³-hybridized carbons (Fsp3) is 0.533. The minimum Gasteiger partial charge on any atom is -0.465 e. The van der Waals surface area contributed by atoms with Crippen molar-refractivity contribution in [3.05, 3.63) is 70.8 Å². The third kappa shape index (κ3) is 15.5. The van der Waals surface area contributed by atoms with Crippen LogP contribution in [0.4, 0.5) is 0 Å². The normalized spacial score (nSPS) is 10.7. The second-order valence-corrected chi connectivity index (χ2v) is 9.68. The summed E-state index contributed by atoms with van der Waals surface area (Å²) >= 11 is 0. The highest BCUT2D eigenvalue weighted by Gasteiger charge is 2.06. The van der Waals surface area contributed by atoms with E-state index in [1.807, 2.05) is 24.3 Å². The molecule has 212 valence electrons. The van der Waals surface area contributed by atoms with Crippen molar-refractivity contribution in [2.24, 2.45) is 11.8 Å². The van der Waals surface area contributed by atoms with Gasteiger partial charge in [0.25, 0.3) is 0 Å². The summed E-state index contributed by atoms with van der Waals surface area (Å²) in [5.41, 5.74) is 3.15. The quantitative estimate of drug-likeness (QED) is 0.243. The van der Waals surface area contributed by atoms with Crippen molar-refractivity contribution in [2.45, 2.75) is 40.9 Å². The van der Waals surface area contributed by atoms with Gasteiger partial charge in [0.15, 0.2) is 0 Å². The molecule has 0 heterocycles. The molecule has 0 fully saturated rings. The molecule has 0 spiro atoms. The average molecular weight is 531 g/mol. The lowest BCUT2D eigenvalue weighted by molar-refractivity contribution is 0.0591. The van der Waals surface area contributed by atoms with E-state index in [9.17, 15) is 9.59 Å². The predicted molar refractivity (Wildman–Crippen MR) is 150 cm³/mol. The smallest absolute Gasteiger partial charge is 0.337 e. The molecule has 0 aliphatic carbocycles. The summed E-state index contributed by atoms with van der Waals surface area (Å²) in [7, 11) is 2.76. The van der Waals surface area contributed by atoms with Crippen molar-refractivity contribution in [1.29, 1.82) is 0 Å². The van der Waals surface area contributed by atoms with Crippen LogP contribution in [0, 0.1) is 11.8 Å². The van der Waals surface area contributed by atoms with E-state index in [1.165, 1.54) is 14.2 Å². The molecule has 0 unspecified atom stereocenters. The Balaban J connectivity index is 0.000000380. The number of nitrogens with one attached hydrogen (secondary N) is 2. The number of methoxy groups -OCH3 is 2. The minimum atomic E-state index is -0.319. The number of benzene rings is 2. The lowest BCUT2D eigenvalue weighted by Crippen LogP contribution is -2.23. The first-order valence-electron chi connectivity index (χ1n) is 13.2. The highest BCUT2D eigenvalue weighted by molar-refractivity contribution is 5.89. The number of carbonyl (C=O) groups is 2. The molecule has 0 aliphatic heterocycles. The second-order valence-electron chi connectivity index (χ2n) is 9.68. The van der Waals surface area contributed by atoms with Gasteiger partial charge in [0.2, 0.25) is 0 Å². The molecule has 0 atom stereocenters. The zero-order valence-electron chi connectivity index (χ0n) is 23.9. The van der Waals surface area contributed by atoms with Crippen molar-refractivity contribution in [3.63, 3.8) is 0 Å². The van der Waals surface area contributed by atoms with E-state index >= 15 is 0 Å². The summed E-state index contributed by atoms with van der Waals surface area (Å²) in [4.78, 5) is 22.6. The van der Waals surface area contributed by atoms with Crippen molar-refractivity contribution in [1.82, 2.24) is 10.6 Å². The van der Waals surface area contributed by atoms with Gasteiger partial charge >= 0.3 is 11.9 Å². The lowest BCUT2D eigenvalue weighted by atomic mass is 10.1. The summed E-state index contributed by atoms with van der Waals surface area (Å²) in [5.74, 6) is 0.674. The molecular formula is C30H46N2O6. The molecule has 0 saturated heterocycles. The fourth-order valence-corrected chi connectivity index (χ4v) is 3.21. The van der Waals surface area contributed by atoms with Crippen LogP contribution in [0.5, 0.6) is 0 Å². The molecule has 0 aliphatic rings. The largest absolute Gasteiger partial charge is 0.465 e. The van der Waals surface area contributed by atoms with E-state index in [1.54, 1.807) is 24.3 Å². The summed E-state index contributed by atoms with van der Waals surface area (Å²) in [6.07, 6.45) is 0. The summed E-state index contributed by atoms with van der Waals surface area (Å²) < 4.78 is 20.4. The molecule has 8 heteroatoms. The van der Waals surface area contributed by atoms with Crippen LogP contribution in [0.3, 0.4) is 0 Å². The Morgan fingerprint density at radius 2 is 1.18 bits per heavy atom. The molecule has 8 nitrogen and oxygen atoms in total. The van der Waals surface area contributed by atoms with E-state index < -0.39 is 0 Å². The van der Waals surface area contributed by atoms with E-state index in [4.69, 9.17) is 9.47 Å². The van der Waals surface area contributed by atoms with Crippen molar-refractivity contribution >= 4 is 11.9 Å². The topological polar surface area (TPSA) is 95.1 Å². The van der Waals surface area contributed by atoms with Gasteiger partial charge in [-0.15, -0.1) is 0 Å². The zero-order valence-corrected chi connectivity index (χ0v) is 23.9. The maximum Gasteiger partial charge on any atom is 0.337 e. The number of carbonyl (C=O) groups excluding carboxylic acids is 2. The molecule has 2 N–H and O–H groups in total. The Hall–Kier alpha value is -2.78. The van der Waals surface area contributed by atoms with Gasteiger partial charge in [0.1, 0.15) is 0 Å². The van der Waals surface area contributed by atoms with Crippen LogP contribution >= 0.6 is 0 Å². The van der Waals surface area contributed by atoms with Crippen molar-refractivity contribution in [2.75, 3.05) is 53.6 Å². The van der Waals surface area contributed by atoms with Gasteiger partial charge in [-0.2, -0.15) is 0 Å². The Bertz CT molecular complexity index is 915. The van der Waals surface area contributed by atoms with Gasteiger partial charge in [-0.05, 0) is 60.3 Å². The van der Waals surface area contributed by atoms with Gasteiger partial charge in [0, 0.05) is 13.1 Å². The summed E-state index contributed by atoms with van der Waals surface area (Å²) in [6, 6.07) is 14.6. The van der Waals surface area contributed by atoms with Gasteiger partial charge in [-0.25, -0.2) is 9.59 Å². The average Bonchev–Trinajstić information content (AvgIpc) is 2.92. The van der Waals surface area contributed by atoms with Crippen LogP contribution in [-0.2, 0) is 32.2 Å². The van der Waals surface area contributed by atoms with Crippen LogP contribution in [-0.4, -0.2) is 65.6 Å². The van der Waals surface area contributed by atoms with Gasteiger partial charge in [0.05, 0.1) is 51.8 Å². The number of rotatable bonds is 16. The van der Waals surface area contributed by atoms with Crippen LogP contribution in [0.25, 0.3) is 0 Å². The number of esters is 2. The lowest BCUT2D eigenvalue weighted by Gasteiger charge is -2.08. The molecule has 0 radical (unpaired) electrons. The first-order valence-corrected chi connectivity index (χ1v) is 13.2. The second kappa shape index (κ2) is 20.2. The predicted octanol–water partition coefficient (Wildman–Crippen LogP) is 4.47. The number of hydrogen-bond acceptors (Lipinski definition) is 8. The molecule has 0 saturated carbocycles.